The molecular formula is C21H21NO2S. The summed E-state index contributed by atoms with van der Waals surface area (Å²) in [6.07, 6.45) is 0. The summed E-state index contributed by atoms with van der Waals surface area (Å²) in [5.74, 6) is 7.44. The van der Waals surface area contributed by atoms with Gasteiger partial charge in [0.25, 0.3) is 0 Å². The lowest BCUT2D eigenvalue weighted by Crippen LogP contribution is -2.33. The summed E-state index contributed by atoms with van der Waals surface area (Å²) in [6, 6.07) is 17.0. The number of rotatable bonds is 2. The Kier molecular flexibility index (Phi) is 3.75. The SMILES string of the molecule is Cc1ccc(S(=O)(=O)N2C[C@H]3[C@H](C)[C@@]3(C#Cc3ccccc3)C2)cc1. The van der Waals surface area contributed by atoms with E-state index in [1.54, 1.807) is 16.4 Å². The van der Waals surface area contributed by atoms with Crippen LogP contribution in [0.4, 0.5) is 0 Å². The maximum Gasteiger partial charge on any atom is 0.243 e. The van der Waals surface area contributed by atoms with Crippen LogP contribution < -0.4 is 0 Å². The first-order chi connectivity index (χ1) is 11.9. The van der Waals surface area contributed by atoms with Crippen molar-refractivity contribution >= 4 is 10.0 Å². The van der Waals surface area contributed by atoms with Gasteiger partial charge in [-0.25, -0.2) is 8.42 Å². The predicted octanol–water partition coefficient (Wildman–Crippen LogP) is 3.30. The van der Waals surface area contributed by atoms with Crippen molar-refractivity contribution in [3.63, 3.8) is 0 Å². The largest absolute Gasteiger partial charge is 0.243 e. The molecule has 4 rings (SSSR count). The Hall–Kier alpha value is -2.09. The molecule has 3 atom stereocenters. The van der Waals surface area contributed by atoms with Crippen molar-refractivity contribution in [2.24, 2.45) is 17.3 Å². The molecule has 1 aliphatic carbocycles. The van der Waals surface area contributed by atoms with Gasteiger partial charge in [0.15, 0.2) is 0 Å². The summed E-state index contributed by atoms with van der Waals surface area (Å²) >= 11 is 0. The molecular weight excluding hydrogens is 330 g/mol. The molecule has 0 amide bonds. The molecule has 1 saturated carbocycles. The molecule has 0 N–H and O–H groups in total. The van der Waals surface area contributed by atoms with E-state index in [1.807, 2.05) is 49.4 Å². The summed E-state index contributed by atoms with van der Waals surface area (Å²) in [6.45, 7) is 5.20. The van der Waals surface area contributed by atoms with Crippen molar-refractivity contribution in [2.75, 3.05) is 13.1 Å². The summed E-state index contributed by atoms with van der Waals surface area (Å²) in [5.41, 5.74) is 1.85. The molecule has 0 unspecified atom stereocenters. The minimum absolute atomic E-state index is 0.187. The van der Waals surface area contributed by atoms with Crippen molar-refractivity contribution in [1.29, 1.82) is 0 Å². The molecule has 2 aromatic rings. The number of benzene rings is 2. The summed E-state index contributed by atoms with van der Waals surface area (Å²) in [5, 5.41) is 0. The van der Waals surface area contributed by atoms with Gasteiger partial charge >= 0.3 is 0 Å². The lowest BCUT2D eigenvalue weighted by atomic mass is 10.0. The van der Waals surface area contributed by atoms with E-state index in [1.165, 1.54) is 0 Å². The fraction of sp³-hybridized carbons (Fsp3) is 0.333. The average Bonchev–Trinajstić information content (AvgIpc) is 2.97. The van der Waals surface area contributed by atoms with Gasteiger partial charge in [-0.1, -0.05) is 54.7 Å². The third kappa shape index (κ3) is 2.68. The first kappa shape index (κ1) is 16.4. The van der Waals surface area contributed by atoms with Crippen LogP contribution in [0.5, 0.6) is 0 Å². The Morgan fingerprint density at radius 2 is 1.76 bits per heavy atom. The summed E-state index contributed by atoms with van der Waals surface area (Å²) < 4.78 is 27.4. The molecule has 2 aromatic carbocycles. The van der Waals surface area contributed by atoms with Crippen molar-refractivity contribution in [3.8, 4) is 11.8 Å². The van der Waals surface area contributed by atoms with Crippen molar-refractivity contribution < 1.29 is 8.42 Å². The highest BCUT2D eigenvalue weighted by Gasteiger charge is 2.67. The van der Waals surface area contributed by atoms with Crippen molar-refractivity contribution in [1.82, 2.24) is 4.31 Å². The number of nitrogens with zero attached hydrogens (tertiary/aromatic N) is 1. The molecule has 1 heterocycles. The van der Waals surface area contributed by atoms with Gasteiger partial charge in [0.1, 0.15) is 0 Å². The van der Waals surface area contributed by atoms with Crippen molar-refractivity contribution in [2.45, 2.75) is 18.7 Å². The number of hydrogen-bond donors (Lipinski definition) is 0. The van der Waals surface area contributed by atoms with Crippen LogP contribution in [-0.2, 0) is 10.0 Å². The van der Waals surface area contributed by atoms with Gasteiger partial charge in [-0.05, 0) is 43.0 Å². The molecule has 0 spiro atoms. The number of aryl methyl sites for hydroxylation is 1. The lowest BCUT2D eigenvalue weighted by Gasteiger charge is -2.20. The Labute approximate surface area is 149 Å². The molecule has 25 heavy (non-hydrogen) atoms. The lowest BCUT2D eigenvalue weighted by molar-refractivity contribution is 0.402. The second-order valence-corrected chi connectivity index (χ2v) is 9.10. The number of hydrogen-bond acceptors (Lipinski definition) is 2. The standard InChI is InChI=1S/C21H21NO2S/c1-16-8-10-19(11-9-16)25(23,24)22-14-20-17(2)21(20,15-22)13-12-18-6-4-3-5-7-18/h3-11,17,20H,14-15H2,1-2H3/t17-,20-,21+/m0/s1. The molecule has 2 aliphatic rings. The van der Waals surface area contributed by atoms with E-state index < -0.39 is 10.0 Å². The van der Waals surface area contributed by atoms with Crippen LogP contribution in [0.1, 0.15) is 18.1 Å². The maximum absolute atomic E-state index is 12.9. The highest BCUT2D eigenvalue weighted by atomic mass is 32.2. The maximum atomic E-state index is 12.9. The molecule has 0 radical (unpaired) electrons. The summed E-state index contributed by atoms with van der Waals surface area (Å²) in [4.78, 5) is 0.373. The number of sulfonamides is 1. The van der Waals surface area contributed by atoms with Gasteiger partial charge in [0.05, 0.1) is 10.3 Å². The van der Waals surface area contributed by atoms with Gasteiger partial charge in [-0.2, -0.15) is 4.31 Å². The van der Waals surface area contributed by atoms with Crippen LogP contribution in [0.2, 0.25) is 0 Å². The van der Waals surface area contributed by atoms with Gasteiger partial charge in [-0.3, -0.25) is 0 Å². The summed E-state index contributed by atoms with van der Waals surface area (Å²) in [7, 11) is -3.44. The van der Waals surface area contributed by atoms with E-state index in [9.17, 15) is 8.42 Å². The Bertz CT molecular complexity index is 954. The third-order valence-corrected chi connectivity index (χ3v) is 7.50. The van der Waals surface area contributed by atoms with Crippen LogP contribution in [0.3, 0.4) is 0 Å². The van der Waals surface area contributed by atoms with E-state index in [2.05, 4.69) is 18.8 Å². The van der Waals surface area contributed by atoms with Gasteiger partial charge in [-0.15, -0.1) is 0 Å². The monoisotopic (exact) mass is 351 g/mol. The third-order valence-electron chi connectivity index (χ3n) is 5.68. The second kappa shape index (κ2) is 5.72. The van der Waals surface area contributed by atoms with Gasteiger partial charge in [0, 0.05) is 18.7 Å². The van der Waals surface area contributed by atoms with Crippen LogP contribution in [0.15, 0.2) is 59.5 Å². The highest BCUT2D eigenvalue weighted by molar-refractivity contribution is 7.89. The molecule has 4 heteroatoms. The minimum Gasteiger partial charge on any atom is -0.207 e. The fourth-order valence-electron chi connectivity index (χ4n) is 3.88. The zero-order valence-corrected chi connectivity index (χ0v) is 15.3. The Morgan fingerprint density at radius 1 is 1.08 bits per heavy atom. The molecule has 3 nitrogen and oxygen atoms in total. The van der Waals surface area contributed by atoms with Crippen molar-refractivity contribution in [3.05, 3.63) is 65.7 Å². The topological polar surface area (TPSA) is 37.4 Å². The van der Waals surface area contributed by atoms with Crippen LogP contribution >= 0.6 is 0 Å². The number of fused-ring (bicyclic) bond motifs is 1. The Morgan fingerprint density at radius 3 is 2.44 bits per heavy atom. The first-order valence-electron chi connectivity index (χ1n) is 8.58. The number of piperidine rings is 1. The van der Waals surface area contributed by atoms with Crippen LogP contribution in [-0.4, -0.2) is 25.8 Å². The Balaban J connectivity index is 1.59. The molecule has 128 valence electrons. The van der Waals surface area contributed by atoms with Gasteiger partial charge in [0.2, 0.25) is 10.0 Å². The smallest absolute Gasteiger partial charge is 0.207 e. The second-order valence-electron chi connectivity index (χ2n) is 7.16. The van der Waals surface area contributed by atoms with E-state index >= 15 is 0 Å². The van der Waals surface area contributed by atoms with E-state index in [4.69, 9.17) is 0 Å². The average molecular weight is 351 g/mol. The highest BCUT2D eigenvalue weighted by Crippen LogP contribution is 2.63. The zero-order valence-electron chi connectivity index (χ0n) is 14.4. The van der Waals surface area contributed by atoms with E-state index in [0.29, 0.717) is 29.8 Å². The zero-order chi connectivity index (χ0) is 17.7. The molecule has 2 fully saturated rings. The van der Waals surface area contributed by atoms with E-state index in [-0.39, 0.29) is 5.41 Å². The first-order valence-corrected chi connectivity index (χ1v) is 10.0. The van der Waals surface area contributed by atoms with Crippen LogP contribution in [0.25, 0.3) is 0 Å². The predicted molar refractivity (Wildman–Crippen MR) is 98.3 cm³/mol. The molecule has 0 bridgehead atoms. The molecule has 1 saturated heterocycles. The normalized spacial score (nSPS) is 28.1. The van der Waals surface area contributed by atoms with Crippen LogP contribution in [0, 0.1) is 36.0 Å². The minimum atomic E-state index is -3.44. The fourth-order valence-corrected chi connectivity index (χ4v) is 5.40. The molecule has 0 aromatic heterocycles. The van der Waals surface area contributed by atoms with Gasteiger partial charge < -0.3 is 0 Å². The quantitative estimate of drug-likeness (QED) is 0.779. The molecule has 1 aliphatic heterocycles. The van der Waals surface area contributed by atoms with E-state index in [0.717, 1.165) is 11.1 Å².